The fourth-order valence-corrected chi connectivity index (χ4v) is 2.33. The number of nitrogens with one attached hydrogen (secondary N) is 2. The zero-order valence-electron chi connectivity index (χ0n) is 14.5. The minimum absolute atomic E-state index is 0.0374. The van der Waals surface area contributed by atoms with Crippen molar-refractivity contribution in [1.82, 2.24) is 10.3 Å². The predicted octanol–water partition coefficient (Wildman–Crippen LogP) is 4.39. The molecule has 1 aromatic carbocycles. The summed E-state index contributed by atoms with van der Waals surface area (Å²) in [5.74, 6) is -0.872. The molecule has 27 heavy (non-hydrogen) atoms. The van der Waals surface area contributed by atoms with E-state index in [1.807, 2.05) is 13.8 Å². The third-order valence-electron chi connectivity index (χ3n) is 3.46. The normalized spacial score (nSPS) is 11.4. The standard InChI is InChI=1S/C18H17ClF3N3O2/c1-10(2)9-24-17(27)15-7-11(5-6-23-15)16(26)25-12-3-4-14(19)13(8-12)18(20,21)22/h3-8,10H,9H2,1-2H3,(H,24,27)(H,25,26). The van der Waals surface area contributed by atoms with Crippen molar-refractivity contribution in [3.63, 3.8) is 0 Å². The van der Waals surface area contributed by atoms with Crippen molar-refractivity contribution in [2.75, 3.05) is 11.9 Å². The minimum atomic E-state index is -4.64. The summed E-state index contributed by atoms with van der Waals surface area (Å²) in [7, 11) is 0. The van der Waals surface area contributed by atoms with E-state index in [1.165, 1.54) is 24.4 Å². The molecule has 0 aliphatic heterocycles. The van der Waals surface area contributed by atoms with Gasteiger partial charge < -0.3 is 10.6 Å². The van der Waals surface area contributed by atoms with Crippen LogP contribution in [0.25, 0.3) is 0 Å². The van der Waals surface area contributed by atoms with Crippen LogP contribution in [-0.4, -0.2) is 23.3 Å². The fraction of sp³-hybridized carbons (Fsp3) is 0.278. The smallest absolute Gasteiger partial charge is 0.350 e. The van der Waals surface area contributed by atoms with Crippen LogP contribution in [0.1, 0.15) is 40.3 Å². The molecule has 9 heteroatoms. The van der Waals surface area contributed by atoms with Crippen LogP contribution >= 0.6 is 11.6 Å². The SMILES string of the molecule is CC(C)CNC(=O)c1cc(C(=O)Nc2ccc(Cl)c(C(F)(F)F)c2)ccn1. The fourth-order valence-electron chi connectivity index (χ4n) is 2.11. The number of alkyl halides is 3. The van der Waals surface area contributed by atoms with Crippen molar-refractivity contribution in [2.45, 2.75) is 20.0 Å². The van der Waals surface area contributed by atoms with E-state index < -0.39 is 28.6 Å². The summed E-state index contributed by atoms with van der Waals surface area (Å²) < 4.78 is 38.7. The number of hydrogen-bond donors (Lipinski definition) is 2. The number of carbonyl (C=O) groups is 2. The van der Waals surface area contributed by atoms with Crippen LogP contribution in [0.3, 0.4) is 0 Å². The Morgan fingerprint density at radius 2 is 1.85 bits per heavy atom. The number of nitrogens with zero attached hydrogens (tertiary/aromatic N) is 1. The highest BCUT2D eigenvalue weighted by Crippen LogP contribution is 2.36. The molecular formula is C18H17ClF3N3O2. The van der Waals surface area contributed by atoms with E-state index in [0.717, 1.165) is 12.1 Å². The number of amides is 2. The molecule has 0 atom stereocenters. The van der Waals surface area contributed by atoms with E-state index in [-0.39, 0.29) is 22.9 Å². The molecule has 0 fully saturated rings. The maximum absolute atomic E-state index is 12.9. The van der Waals surface area contributed by atoms with Gasteiger partial charge >= 0.3 is 6.18 Å². The summed E-state index contributed by atoms with van der Waals surface area (Å²) in [5, 5.41) is 4.56. The van der Waals surface area contributed by atoms with Crippen molar-refractivity contribution in [2.24, 2.45) is 5.92 Å². The molecule has 2 rings (SSSR count). The largest absolute Gasteiger partial charge is 0.417 e. The summed E-state index contributed by atoms with van der Waals surface area (Å²) in [4.78, 5) is 28.3. The van der Waals surface area contributed by atoms with Crippen LogP contribution in [-0.2, 0) is 6.18 Å². The molecule has 1 heterocycles. The zero-order valence-corrected chi connectivity index (χ0v) is 15.3. The van der Waals surface area contributed by atoms with Crippen molar-refractivity contribution >= 4 is 29.1 Å². The molecule has 0 spiro atoms. The van der Waals surface area contributed by atoms with Gasteiger partial charge in [-0.3, -0.25) is 14.6 Å². The number of rotatable bonds is 5. The Morgan fingerprint density at radius 1 is 1.15 bits per heavy atom. The molecule has 2 amide bonds. The van der Waals surface area contributed by atoms with Gasteiger partial charge in [0.15, 0.2) is 0 Å². The number of aromatic nitrogens is 1. The zero-order chi connectivity index (χ0) is 20.2. The molecule has 0 aliphatic rings. The third kappa shape index (κ3) is 5.68. The average Bonchev–Trinajstić information content (AvgIpc) is 2.60. The first-order valence-corrected chi connectivity index (χ1v) is 8.38. The first kappa shape index (κ1) is 20.7. The van der Waals surface area contributed by atoms with Crippen molar-refractivity contribution in [1.29, 1.82) is 0 Å². The lowest BCUT2D eigenvalue weighted by Gasteiger charge is -2.12. The molecule has 0 saturated heterocycles. The van der Waals surface area contributed by atoms with Gasteiger partial charge in [-0.2, -0.15) is 13.2 Å². The molecule has 0 unspecified atom stereocenters. The second kappa shape index (κ2) is 8.39. The number of pyridine rings is 1. The number of halogens is 4. The monoisotopic (exact) mass is 399 g/mol. The van der Waals surface area contributed by atoms with E-state index in [4.69, 9.17) is 11.6 Å². The highest BCUT2D eigenvalue weighted by molar-refractivity contribution is 6.31. The number of anilines is 1. The number of carbonyl (C=O) groups excluding carboxylic acids is 2. The Balaban J connectivity index is 2.17. The summed E-state index contributed by atoms with van der Waals surface area (Å²) in [6, 6.07) is 5.68. The molecule has 144 valence electrons. The van der Waals surface area contributed by atoms with Gasteiger partial charge in [-0.15, -0.1) is 0 Å². The average molecular weight is 400 g/mol. The summed E-state index contributed by atoms with van der Waals surface area (Å²) >= 11 is 5.56. The topological polar surface area (TPSA) is 71.1 Å². The van der Waals surface area contributed by atoms with E-state index in [9.17, 15) is 22.8 Å². The second-order valence-corrected chi connectivity index (χ2v) is 6.59. The lowest BCUT2D eigenvalue weighted by Crippen LogP contribution is -2.28. The minimum Gasteiger partial charge on any atom is -0.350 e. The molecule has 1 aromatic heterocycles. The van der Waals surface area contributed by atoms with E-state index in [2.05, 4.69) is 15.6 Å². The molecule has 2 N–H and O–H groups in total. The first-order valence-electron chi connectivity index (χ1n) is 8.00. The van der Waals surface area contributed by atoms with E-state index in [0.29, 0.717) is 6.54 Å². The molecule has 0 aliphatic carbocycles. The van der Waals surface area contributed by atoms with Gasteiger partial charge in [0.25, 0.3) is 11.8 Å². The van der Waals surface area contributed by atoms with Gasteiger partial charge in [0.05, 0.1) is 10.6 Å². The summed E-state index contributed by atoms with van der Waals surface area (Å²) in [6.45, 7) is 4.31. The van der Waals surface area contributed by atoms with Gasteiger partial charge in [-0.05, 0) is 36.2 Å². The summed E-state index contributed by atoms with van der Waals surface area (Å²) in [5.41, 5.74) is -0.997. The van der Waals surface area contributed by atoms with Crippen LogP contribution < -0.4 is 10.6 Å². The molecule has 0 bridgehead atoms. The second-order valence-electron chi connectivity index (χ2n) is 6.18. The van der Waals surface area contributed by atoms with E-state index in [1.54, 1.807) is 0 Å². The Bertz CT molecular complexity index is 854. The maximum atomic E-state index is 12.9. The Hall–Kier alpha value is -2.61. The van der Waals surface area contributed by atoms with Crippen LogP contribution in [0, 0.1) is 5.92 Å². The van der Waals surface area contributed by atoms with Gasteiger partial charge in [0, 0.05) is 24.0 Å². The quantitative estimate of drug-likeness (QED) is 0.783. The Morgan fingerprint density at radius 3 is 2.48 bits per heavy atom. The molecule has 2 aromatic rings. The first-order chi connectivity index (χ1) is 12.6. The predicted molar refractivity (Wildman–Crippen MR) is 95.8 cm³/mol. The van der Waals surface area contributed by atoms with Crippen LogP contribution in [0.15, 0.2) is 36.5 Å². The Labute approximate surface area is 158 Å². The lowest BCUT2D eigenvalue weighted by molar-refractivity contribution is -0.137. The van der Waals surface area contributed by atoms with Crippen LogP contribution in [0.4, 0.5) is 18.9 Å². The maximum Gasteiger partial charge on any atom is 0.417 e. The number of hydrogen-bond acceptors (Lipinski definition) is 3. The van der Waals surface area contributed by atoms with Crippen molar-refractivity contribution < 1.29 is 22.8 Å². The molecule has 0 radical (unpaired) electrons. The van der Waals surface area contributed by atoms with Crippen molar-refractivity contribution in [3.8, 4) is 0 Å². The highest BCUT2D eigenvalue weighted by atomic mass is 35.5. The highest BCUT2D eigenvalue weighted by Gasteiger charge is 2.33. The van der Waals surface area contributed by atoms with Crippen LogP contribution in [0.2, 0.25) is 5.02 Å². The lowest BCUT2D eigenvalue weighted by atomic mass is 10.1. The third-order valence-corrected chi connectivity index (χ3v) is 3.78. The molecular weight excluding hydrogens is 383 g/mol. The molecule has 0 saturated carbocycles. The van der Waals surface area contributed by atoms with Crippen LogP contribution in [0.5, 0.6) is 0 Å². The Kier molecular flexibility index (Phi) is 6.43. The number of benzene rings is 1. The van der Waals surface area contributed by atoms with Gasteiger partial charge in [-0.1, -0.05) is 25.4 Å². The molecule has 5 nitrogen and oxygen atoms in total. The summed E-state index contributed by atoms with van der Waals surface area (Å²) in [6.07, 6.45) is -3.36. The van der Waals surface area contributed by atoms with Crippen molar-refractivity contribution in [3.05, 3.63) is 58.4 Å². The van der Waals surface area contributed by atoms with Gasteiger partial charge in [-0.25, -0.2) is 0 Å². The van der Waals surface area contributed by atoms with E-state index >= 15 is 0 Å². The van der Waals surface area contributed by atoms with Gasteiger partial charge in [0.2, 0.25) is 0 Å². The van der Waals surface area contributed by atoms with Gasteiger partial charge in [0.1, 0.15) is 5.69 Å².